The minimum Gasteiger partial charge on any atom is -0.383 e. The lowest BCUT2D eigenvalue weighted by atomic mass is 9.70. The van der Waals surface area contributed by atoms with Gasteiger partial charge in [-0.1, -0.05) is 0 Å². The van der Waals surface area contributed by atoms with Crippen LogP contribution in [0.3, 0.4) is 0 Å². The summed E-state index contributed by atoms with van der Waals surface area (Å²) < 4.78 is 45.0. The SMILES string of the molecule is CNC(=O)C1CN(C(=O)NCCOC)CC12CCN(c1ccc(C#N)c(C(F)(F)F)c1)CC2. The molecule has 0 aliphatic carbocycles. The van der Waals surface area contributed by atoms with E-state index in [1.807, 2.05) is 4.90 Å². The van der Waals surface area contributed by atoms with Gasteiger partial charge in [0.1, 0.15) is 0 Å². The molecule has 0 aromatic heterocycles. The summed E-state index contributed by atoms with van der Waals surface area (Å²) in [5, 5.41) is 14.5. The Kier molecular flexibility index (Phi) is 7.37. The highest BCUT2D eigenvalue weighted by Gasteiger charge is 2.52. The number of hydrogen-bond acceptors (Lipinski definition) is 5. The van der Waals surface area contributed by atoms with Crippen molar-refractivity contribution in [2.45, 2.75) is 19.0 Å². The highest BCUT2D eigenvalue weighted by atomic mass is 19.4. The van der Waals surface area contributed by atoms with Crippen molar-refractivity contribution in [1.82, 2.24) is 15.5 Å². The molecular formula is C22H28F3N5O3. The van der Waals surface area contributed by atoms with Gasteiger partial charge in [-0.3, -0.25) is 4.79 Å². The maximum Gasteiger partial charge on any atom is 0.417 e. The van der Waals surface area contributed by atoms with Gasteiger partial charge in [0.25, 0.3) is 0 Å². The van der Waals surface area contributed by atoms with E-state index in [1.54, 1.807) is 18.0 Å². The third kappa shape index (κ3) is 5.16. The van der Waals surface area contributed by atoms with Crippen LogP contribution in [0.25, 0.3) is 0 Å². The average Bonchev–Trinajstić information content (AvgIpc) is 3.17. The zero-order chi connectivity index (χ0) is 24.2. The molecule has 2 aliphatic rings. The van der Waals surface area contributed by atoms with Gasteiger partial charge in [0.2, 0.25) is 5.91 Å². The highest BCUT2D eigenvalue weighted by Crippen LogP contribution is 2.46. The number of ether oxygens (including phenoxy) is 1. The van der Waals surface area contributed by atoms with E-state index in [2.05, 4.69) is 10.6 Å². The molecule has 2 saturated heterocycles. The van der Waals surface area contributed by atoms with E-state index in [9.17, 15) is 22.8 Å². The largest absolute Gasteiger partial charge is 0.417 e. The Morgan fingerprint density at radius 1 is 1.30 bits per heavy atom. The first-order valence-corrected chi connectivity index (χ1v) is 10.7. The van der Waals surface area contributed by atoms with Crippen LogP contribution in [0.2, 0.25) is 0 Å². The number of urea groups is 1. The molecule has 11 heteroatoms. The lowest BCUT2D eigenvalue weighted by Crippen LogP contribution is -2.48. The predicted octanol–water partition coefficient (Wildman–Crippen LogP) is 2.20. The molecule has 2 fully saturated rings. The second kappa shape index (κ2) is 9.87. The fourth-order valence-corrected chi connectivity index (χ4v) is 4.81. The minimum atomic E-state index is -4.62. The first-order valence-electron chi connectivity index (χ1n) is 10.7. The number of nitrogens with one attached hydrogen (secondary N) is 2. The molecule has 0 radical (unpaired) electrons. The molecule has 1 aromatic carbocycles. The number of carbonyl (C=O) groups excluding carboxylic acids is 2. The fraction of sp³-hybridized carbons (Fsp3) is 0.591. The van der Waals surface area contributed by atoms with Gasteiger partial charge in [-0.05, 0) is 31.0 Å². The maximum atomic E-state index is 13.4. The molecule has 3 rings (SSSR count). The first-order chi connectivity index (χ1) is 15.6. The molecule has 8 nitrogen and oxygen atoms in total. The van der Waals surface area contributed by atoms with Crippen LogP contribution < -0.4 is 15.5 Å². The zero-order valence-corrected chi connectivity index (χ0v) is 18.7. The standard InChI is InChI=1S/C22H28F3N5O3/c1-27-19(31)18-13-30(20(32)28-7-10-33-2)14-21(18)5-8-29(9-6-21)16-4-3-15(12-26)17(11-16)22(23,24)25/h3-4,11,18H,5-10,13-14H2,1-2H3,(H,27,31)(H,28,32). The summed E-state index contributed by atoms with van der Waals surface area (Å²) in [5.41, 5.74) is -1.43. The van der Waals surface area contributed by atoms with Crippen molar-refractivity contribution in [1.29, 1.82) is 5.26 Å². The van der Waals surface area contributed by atoms with E-state index in [4.69, 9.17) is 10.00 Å². The topological polar surface area (TPSA) is 97.7 Å². The van der Waals surface area contributed by atoms with Crippen molar-refractivity contribution in [3.05, 3.63) is 29.3 Å². The second-order valence-electron chi connectivity index (χ2n) is 8.46. The van der Waals surface area contributed by atoms with E-state index in [0.717, 1.165) is 6.07 Å². The van der Waals surface area contributed by atoms with Crippen LogP contribution in [0.15, 0.2) is 18.2 Å². The van der Waals surface area contributed by atoms with Gasteiger partial charge in [-0.15, -0.1) is 0 Å². The van der Waals surface area contributed by atoms with Crippen LogP contribution in [-0.4, -0.2) is 70.3 Å². The fourth-order valence-electron chi connectivity index (χ4n) is 4.81. The van der Waals surface area contributed by atoms with Crippen molar-refractivity contribution in [2.75, 3.05) is 58.4 Å². The summed E-state index contributed by atoms with van der Waals surface area (Å²) in [6, 6.07) is 5.06. The molecule has 33 heavy (non-hydrogen) atoms. The van der Waals surface area contributed by atoms with Crippen LogP contribution in [0.4, 0.5) is 23.7 Å². The van der Waals surface area contributed by atoms with Crippen molar-refractivity contribution in [3.63, 3.8) is 0 Å². The number of hydrogen-bond donors (Lipinski definition) is 2. The Bertz CT molecular complexity index is 923. The van der Waals surface area contributed by atoms with Crippen LogP contribution >= 0.6 is 0 Å². The predicted molar refractivity (Wildman–Crippen MR) is 114 cm³/mol. The number of piperidine rings is 1. The Morgan fingerprint density at radius 3 is 2.58 bits per heavy atom. The number of alkyl halides is 3. The molecule has 3 amide bonds. The van der Waals surface area contributed by atoms with Crippen molar-refractivity contribution in [3.8, 4) is 6.07 Å². The van der Waals surface area contributed by atoms with Crippen LogP contribution in [0.1, 0.15) is 24.0 Å². The third-order valence-electron chi connectivity index (χ3n) is 6.63. The lowest BCUT2D eigenvalue weighted by Gasteiger charge is -2.42. The number of amides is 3. The lowest BCUT2D eigenvalue weighted by molar-refractivity contribution is -0.137. The quantitative estimate of drug-likeness (QED) is 0.647. The molecule has 1 aromatic rings. The summed E-state index contributed by atoms with van der Waals surface area (Å²) in [7, 11) is 3.10. The van der Waals surface area contributed by atoms with Gasteiger partial charge < -0.3 is 25.2 Å². The Labute approximate surface area is 190 Å². The van der Waals surface area contributed by atoms with E-state index in [0.29, 0.717) is 51.3 Å². The van der Waals surface area contributed by atoms with E-state index in [-0.39, 0.29) is 18.5 Å². The summed E-state index contributed by atoms with van der Waals surface area (Å²) in [6.45, 7) is 2.30. The molecule has 0 saturated carbocycles. The van der Waals surface area contributed by atoms with Crippen molar-refractivity contribution < 1.29 is 27.5 Å². The molecular weight excluding hydrogens is 439 g/mol. The molecule has 1 unspecified atom stereocenters. The van der Waals surface area contributed by atoms with Gasteiger partial charge >= 0.3 is 12.2 Å². The van der Waals surface area contributed by atoms with Crippen LogP contribution in [-0.2, 0) is 15.7 Å². The van der Waals surface area contributed by atoms with Crippen molar-refractivity contribution in [2.24, 2.45) is 11.3 Å². The second-order valence-corrected chi connectivity index (χ2v) is 8.46. The Balaban J connectivity index is 1.76. The summed E-state index contributed by atoms with van der Waals surface area (Å²) >= 11 is 0. The van der Waals surface area contributed by atoms with Crippen molar-refractivity contribution >= 4 is 17.6 Å². The molecule has 2 N–H and O–H groups in total. The number of rotatable bonds is 5. The van der Waals surface area contributed by atoms with E-state index in [1.165, 1.54) is 19.2 Å². The number of nitrogens with zero attached hydrogens (tertiary/aromatic N) is 3. The number of methoxy groups -OCH3 is 1. The van der Waals surface area contributed by atoms with Gasteiger partial charge in [0, 0.05) is 58.0 Å². The smallest absolute Gasteiger partial charge is 0.383 e. The zero-order valence-electron chi connectivity index (χ0n) is 18.7. The van der Waals surface area contributed by atoms with E-state index >= 15 is 0 Å². The molecule has 0 bridgehead atoms. The summed E-state index contributed by atoms with van der Waals surface area (Å²) in [5.74, 6) is -0.544. The number of carbonyl (C=O) groups is 2. The molecule has 2 aliphatic heterocycles. The molecule has 1 atom stereocenters. The highest BCUT2D eigenvalue weighted by molar-refractivity contribution is 5.82. The van der Waals surface area contributed by atoms with Gasteiger partial charge in [-0.25, -0.2) is 4.79 Å². The number of likely N-dealkylation sites (tertiary alicyclic amines) is 1. The number of anilines is 1. The Morgan fingerprint density at radius 2 is 2.00 bits per heavy atom. The third-order valence-corrected chi connectivity index (χ3v) is 6.63. The number of halogens is 3. The summed E-state index contributed by atoms with van der Waals surface area (Å²) in [6.07, 6.45) is -3.52. The van der Waals surface area contributed by atoms with E-state index < -0.39 is 28.6 Å². The number of nitriles is 1. The molecule has 1 spiro atoms. The van der Waals surface area contributed by atoms with Gasteiger partial charge in [0.15, 0.2) is 0 Å². The first kappa shape index (κ1) is 24.6. The van der Waals surface area contributed by atoms with Crippen LogP contribution in [0, 0.1) is 22.7 Å². The Hall–Kier alpha value is -3.00. The maximum absolute atomic E-state index is 13.4. The normalized spacial score (nSPS) is 19.9. The summed E-state index contributed by atoms with van der Waals surface area (Å²) in [4.78, 5) is 28.7. The molecule has 2 heterocycles. The average molecular weight is 467 g/mol. The molecule has 180 valence electrons. The monoisotopic (exact) mass is 467 g/mol. The minimum absolute atomic E-state index is 0.145. The number of benzene rings is 1. The van der Waals surface area contributed by atoms with Gasteiger partial charge in [0.05, 0.1) is 29.7 Å². The van der Waals surface area contributed by atoms with Crippen LogP contribution in [0.5, 0.6) is 0 Å². The van der Waals surface area contributed by atoms with Gasteiger partial charge in [-0.2, -0.15) is 18.4 Å².